The maximum absolute atomic E-state index is 10.9. The van der Waals surface area contributed by atoms with Gasteiger partial charge in [-0.05, 0) is 42.3 Å². The molecule has 0 saturated heterocycles. The van der Waals surface area contributed by atoms with Crippen LogP contribution in [0.5, 0.6) is 0 Å². The third-order valence-electron chi connectivity index (χ3n) is 3.08. The minimum Gasteiger partial charge on any atom is -0.480 e. The lowest BCUT2D eigenvalue weighted by Gasteiger charge is -2.06. The smallest absolute Gasteiger partial charge is 0.335 e. The highest BCUT2D eigenvalue weighted by Crippen LogP contribution is 2.20. The molecular weight excluding hydrogens is 298 g/mol. The Morgan fingerprint density at radius 1 is 1.00 bits per heavy atom. The van der Waals surface area contributed by atoms with E-state index >= 15 is 0 Å². The first-order valence-corrected chi connectivity index (χ1v) is 6.78. The SMILES string of the molecule is N[C@@H](Cc1ccc(N=Nc2cccc(C(=O)O)c2)cc1)C(=O)O. The van der Waals surface area contributed by atoms with Gasteiger partial charge in [-0.15, -0.1) is 0 Å². The van der Waals surface area contributed by atoms with Crippen molar-refractivity contribution in [3.05, 3.63) is 59.7 Å². The van der Waals surface area contributed by atoms with E-state index in [2.05, 4.69) is 10.2 Å². The zero-order chi connectivity index (χ0) is 16.8. The minimum absolute atomic E-state index is 0.138. The summed E-state index contributed by atoms with van der Waals surface area (Å²) >= 11 is 0. The number of benzene rings is 2. The van der Waals surface area contributed by atoms with Crippen molar-refractivity contribution < 1.29 is 19.8 Å². The molecule has 0 unspecified atom stereocenters. The minimum atomic E-state index is -1.05. The second-order valence-electron chi connectivity index (χ2n) is 4.87. The first-order chi connectivity index (χ1) is 11.0. The van der Waals surface area contributed by atoms with Crippen LogP contribution in [0.4, 0.5) is 11.4 Å². The van der Waals surface area contributed by atoms with Gasteiger partial charge < -0.3 is 15.9 Å². The van der Waals surface area contributed by atoms with Crippen molar-refractivity contribution in [2.24, 2.45) is 16.0 Å². The Balaban J connectivity index is 2.07. The van der Waals surface area contributed by atoms with Crippen molar-refractivity contribution in [3.8, 4) is 0 Å². The largest absolute Gasteiger partial charge is 0.480 e. The second kappa shape index (κ2) is 7.28. The Hall–Kier alpha value is -3.06. The van der Waals surface area contributed by atoms with Crippen LogP contribution in [-0.2, 0) is 11.2 Å². The summed E-state index contributed by atoms with van der Waals surface area (Å²) in [5.74, 6) is -2.08. The lowest BCUT2D eigenvalue weighted by molar-refractivity contribution is -0.138. The van der Waals surface area contributed by atoms with Crippen molar-refractivity contribution in [3.63, 3.8) is 0 Å². The van der Waals surface area contributed by atoms with Gasteiger partial charge in [-0.25, -0.2) is 4.79 Å². The number of azo groups is 1. The average Bonchev–Trinajstić information content (AvgIpc) is 2.54. The lowest BCUT2D eigenvalue weighted by Crippen LogP contribution is -2.32. The average molecular weight is 313 g/mol. The highest BCUT2D eigenvalue weighted by Gasteiger charge is 2.11. The molecule has 4 N–H and O–H groups in total. The molecule has 0 amide bonds. The standard InChI is InChI=1S/C16H15N3O4/c17-14(16(22)23)8-10-4-6-12(7-5-10)18-19-13-3-1-2-11(9-13)15(20)21/h1-7,9,14H,8,17H2,(H,20,21)(H,22,23)/t14-/m0/s1. The Kier molecular flexibility index (Phi) is 5.16. The third kappa shape index (κ3) is 4.72. The van der Waals surface area contributed by atoms with Crippen molar-refractivity contribution in [2.45, 2.75) is 12.5 Å². The summed E-state index contributed by atoms with van der Waals surface area (Å²) in [6.07, 6.45) is 0.230. The van der Waals surface area contributed by atoms with Crippen LogP contribution in [0.3, 0.4) is 0 Å². The molecule has 7 heteroatoms. The van der Waals surface area contributed by atoms with Gasteiger partial charge in [0.25, 0.3) is 0 Å². The van der Waals surface area contributed by atoms with E-state index in [1.807, 2.05) is 0 Å². The maximum Gasteiger partial charge on any atom is 0.335 e. The summed E-state index contributed by atoms with van der Waals surface area (Å²) in [6, 6.07) is 12.0. The normalized spacial score (nSPS) is 12.2. The highest BCUT2D eigenvalue weighted by atomic mass is 16.4. The van der Waals surface area contributed by atoms with Crippen molar-refractivity contribution in [1.82, 2.24) is 0 Å². The lowest BCUT2D eigenvalue weighted by atomic mass is 10.1. The van der Waals surface area contributed by atoms with E-state index in [0.29, 0.717) is 11.4 Å². The maximum atomic E-state index is 10.9. The molecule has 0 fully saturated rings. The quantitative estimate of drug-likeness (QED) is 0.707. The monoisotopic (exact) mass is 313 g/mol. The zero-order valence-electron chi connectivity index (χ0n) is 12.1. The number of aliphatic carboxylic acids is 1. The molecule has 2 rings (SSSR count). The van der Waals surface area contributed by atoms with Crippen molar-refractivity contribution >= 4 is 23.3 Å². The Bertz CT molecular complexity index is 741. The van der Waals surface area contributed by atoms with E-state index in [-0.39, 0.29) is 12.0 Å². The molecule has 2 aromatic rings. The van der Waals surface area contributed by atoms with Crippen LogP contribution in [0.15, 0.2) is 58.8 Å². The fraction of sp³-hybridized carbons (Fsp3) is 0.125. The topological polar surface area (TPSA) is 125 Å². The molecule has 23 heavy (non-hydrogen) atoms. The summed E-state index contributed by atoms with van der Waals surface area (Å²) in [6.45, 7) is 0. The van der Waals surface area contributed by atoms with Gasteiger partial charge in [0.05, 0.1) is 16.9 Å². The Morgan fingerprint density at radius 3 is 2.26 bits per heavy atom. The fourth-order valence-corrected chi connectivity index (χ4v) is 1.86. The van der Waals surface area contributed by atoms with E-state index in [9.17, 15) is 9.59 Å². The highest BCUT2D eigenvalue weighted by molar-refractivity contribution is 5.88. The van der Waals surface area contributed by atoms with Crippen LogP contribution < -0.4 is 5.73 Å². The van der Waals surface area contributed by atoms with Crippen molar-refractivity contribution in [2.75, 3.05) is 0 Å². The summed E-state index contributed by atoms with van der Waals surface area (Å²) in [4.78, 5) is 21.6. The number of nitrogens with zero attached hydrogens (tertiary/aromatic N) is 2. The van der Waals surface area contributed by atoms with E-state index in [1.165, 1.54) is 12.1 Å². The molecule has 0 aromatic heterocycles. The molecule has 0 spiro atoms. The van der Waals surface area contributed by atoms with Gasteiger partial charge in [0, 0.05) is 0 Å². The molecule has 0 aliphatic carbocycles. The number of hydrogen-bond acceptors (Lipinski definition) is 5. The molecule has 7 nitrogen and oxygen atoms in total. The molecule has 0 aliphatic rings. The van der Waals surface area contributed by atoms with E-state index in [1.54, 1.807) is 36.4 Å². The number of carboxylic acid groups (broad SMARTS) is 2. The molecule has 118 valence electrons. The Labute approximate surface area is 132 Å². The van der Waals surface area contributed by atoms with E-state index < -0.39 is 18.0 Å². The second-order valence-corrected chi connectivity index (χ2v) is 4.87. The van der Waals surface area contributed by atoms with Gasteiger partial charge in [-0.2, -0.15) is 10.2 Å². The zero-order valence-corrected chi connectivity index (χ0v) is 12.1. The molecule has 1 atom stereocenters. The van der Waals surface area contributed by atoms with Crippen LogP contribution in [0.1, 0.15) is 15.9 Å². The van der Waals surface area contributed by atoms with Gasteiger partial charge in [-0.1, -0.05) is 18.2 Å². The summed E-state index contributed by atoms with van der Waals surface area (Å²) < 4.78 is 0. The number of aromatic carboxylic acids is 1. The van der Waals surface area contributed by atoms with Crippen molar-refractivity contribution in [1.29, 1.82) is 0 Å². The predicted octanol–water partition coefficient (Wildman–Crippen LogP) is 2.75. The molecule has 0 heterocycles. The van der Waals surface area contributed by atoms with Gasteiger partial charge in [0.1, 0.15) is 6.04 Å². The number of carboxylic acids is 2. The first-order valence-electron chi connectivity index (χ1n) is 6.78. The van der Waals surface area contributed by atoms with Crippen LogP contribution >= 0.6 is 0 Å². The van der Waals surface area contributed by atoms with Crippen LogP contribution in [0, 0.1) is 0 Å². The molecule has 0 radical (unpaired) electrons. The van der Waals surface area contributed by atoms with Crippen LogP contribution in [0.25, 0.3) is 0 Å². The number of rotatable bonds is 6. The van der Waals surface area contributed by atoms with Gasteiger partial charge in [-0.3, -0.25) is 4.79 Å². The third-order valence-corrected chi connectivity index (χ3v) is 3.08. The molecule has 0 saturated carbocycles. The fourth-order valence-electron chi connectivity index (χ4n) is 1.86. The van der Waals surface area contributed by atoms with Crippen LogP contribution in [-0.4, -0.2) is 28.2 Å². The number of nitrogens with two attached hydrogens (primary N) is 1. The summed E-state index contributed by atoms with van der Waals surface area (Å²) in [7, 11) is 0. The van der Waals surface area contributed by atoms with Gasteiger partial charge in [0.15, 0.2) is 0 Å². The first kappa shape index (κ1) is 16.3. The van der Waals surface area contributed by atoms with Gasteiger partial charge >= 0.3 is 11.9 Å². The Morgan fingerprint density at radius 2 is 1.65 bits per heavy atom. The molecule has 2 aromatic carbocycles. The van der Waals surface area contributed by atoms with Gasteiger partial charge in [0.2, 0.25) is 0 Å². The predicted molar refractivity (Wildman–Crippen MR) is 83.3 cm³/mol. The number of hydrogen-bond donors (Lipinski definition) is 3. The molecule has 0 bridgehead atoms. The van der Waals surface area contributed by atoms with E-state index in [4.69, 9.17) is 15.9 Å². The summed E-state index contributed by atoms with van der Waals surface area (Å²) in [5.41, 5.74) is 7.39. The van der Waals surface area contributed by atoms with E-state index in [0.717, 1.165) is 5.56 Å². The van der Waals surface area contributed by atoms with Crippen LogP contribution in [0.2, 0.25) is 0 Å². The number of carbonyl (C=O) groups is 2. The molecule has 0 aliphatic heterocycles. The summed E-state index contributed by atoms with van der Waals surface area (Å²) in [5, 5.41) is 25.7. The molecular formula is C16H15N3O4.